The molecule has 0 atom stereocenters. The first-order valence-electron chi connectivity index (χ1n) is 8.74. The Hall–Kier alpha value is -3.60. The highest BCUT2D eigenvalue weighted by Gasteiger charge is 2.10. The molecule has 0 saturated carbocycles. The molecule has 1 aromatic heterocycles. The molecule has 5 nitrogen and oxygen atoms in total. The number of nitrogens with zero attached hydrogens (tertiary/aromatic N) is 2. The lowest BCUT2D eigenvalue weighted by molar-refractivity contribution is -0.255. The summed E-state index contributed by atoms with van der Waals surface area (Å²) in [5.41, 5.74) is 4.25. The van der Waals surface area contributed by atoms with Crippen molar-refractivity contribution in [1.29, 1.82) is 0 Å². The van der Waals surface area contributed by atoms with Gasteiger partial charge in [0.05, 0.1) is 23.5 Å². The Morgan fingerprint density at radius 1 is 0.926 bits per heavy atom. The molecule has 134 valence electrons. The summed E-state index contributed by atoms with van der Waals surface area (Å²) in [5, 5.41) is 14.2. The predicted molar refractivity (Wildman–Crippen MR) is 103 cm³/mol. The van der Waals surface area contributed by atoms with Gasteiger partial charge in [0.15, 0.2) is 0 Å². The normalized spacial score (nSPS) is 10.8. The van der Waals surface area contributed by atoms with Crippen molar-refractivity contribution in [2.45, 2.75) is 13.1 Å². The summed E-state index contributed by atoms with van der Waals surface area (Å²) in [5.74, 6) is -0.254. The zero-order chi connectivity index (χ0) is 18.6. The minimum atomic E-state index is -1.17. The average molecular weight is 356 g/mol. The van der Waals surface area contributed by atoms with E-state index in [9.17, 15) is 9.90 Å². The number of carbonyl (C=O) groups is 1. The molecule has 0 fully saturated rings. The molecule has 0 aliphatic carbocycles. The molecule has 4 aromatic rings. The third-order valence-corrected chi connectivity index (χ3v) is 4.49. The lowest BCUT2D eigenvalue weighted by atomic mass is 10.2. The maximum atomic E-state index is 10.9. The lowest BCUT2D eigenvalue weighted by Crippen LogP contribution is -2.22. The van der Waals surface area contributed by atoms with Gasteiger partial charge in [-0.15, -0.1) is 0 Å². The molecule has 0 aliphatic rings. The molecule has 0 unspecified atom stereocenters. The number of aromatic carboxylic acids is 1. The summed E-state index contributed by atoms with van der Waals surface area (Å²) in [6.07, 6.45) is 0. The summed E-state index contributed by atoms with van der Waals surface area (Å²) in [6.45, 7) is 1.27. The van der Waals surface area contributed by atoms with Crippen molar-refractivity contribution in [3.8, 4) is 0 Å². The number of hydrogen-bond acceptors (Lipinski definition) is 4. The molecule has 1 heterocycles. The molecule has 1 N–H and O–H groups in total. The third-order valence-electron chi connectivity index (χ3n) is 4.49. The molecule has 3 aromatic carbocycles. The van der Waals surface area contributed by atoms with Gasteiger partial charge in [-0.3, -0.25) is 0 Å². The summed E-state index contributed by atoms with van der Waals surface area (Å²) in [4.78, 5) is 15.6. The number of fused-ring (bicyclic) bond motifs is 1. The number of aromatic nitrogens is 2. The Labute approximate surface area is 156 Å². The van der Waals surface area contributed by atoms with E-state index in [0.717, 1.165) is 29.1 Å². The summed E-state index contributed by atoms with van der Waals surface area (Å²) >= 11 is 0. The van der Waals surface area contributed by atoms with Crippen molar-refractivity contribution in [3.05, 3.63) is 95.8 Å². The van der Waals surface area contributed by atoms with Crippen LogP contribution in [-0.4, -0.2) is 15.5 Å². The van der Waals surface area contributed by atoms with E-state index < -0.39 is 5.97 Å². The van der Waals surface area contributed by atoms with Crippen molar-refractivity contribution in [1.82, 2.24) is 9.55 Å². The van der Waals surface area contributed by atoms with Crippen molar-refractivity contribution < 1.29 is 9.90 Å². The number of hydrogen-bond donors (Lipinski definition) is 1. The number of carboxylic acid groups (broad SMARTS) is 1. The molecule has 0 radical (unpaired) electrons. The van der Waals surface area contributed by atoms with E-state index in [1.165, 1.54) is 17.7 Å². The van der Waals surface area contributed by atoms with Crippen molar-refractivity contribution in [3.63, 3.8) is 0 Å². The maximum absolute atomic E-state index is 10.9. The van der Waals surface area contributed by atoms with Gasteiger partial charge < -0.3 is 19.8 Å². The van der Waals surface area contributed by atoms with Crippen LogP contribution < -0.4 is 10.4 Å². The Morgan fingerprint density at radius 3 is 2.37 bits per heavy atom. The molecule has 4 rings (SSSR count). The fourth-order valence-electron chi connectivity index (χ4n) is 3.11. The second-order valence-electron chi connectivity index (χ2n) is 6.31. The van der Waals surface area contributed by atoms with Crippen LogP contribution in [0.2, 0.25) is 0 Å². The second-order valence-corrected chi connectivity index (χ2v) is 6.31. The van der Waals surface area contributed by atoms with Crippen LogP contribution in [0.3, 0.4) is 0 Å². The quantitative estimate of drug-likeness (QED) is 0.576. The van der Waals surface area contributed by atoms with Gasteiger partial charge in [0.2, 0.25) is 0 Å². The monoisotopic (exact) mass is 356 g/mol. The van der Waals surface area contributed by atoms with Gasteiger partial charge in [-0.05, 0) is 35.4 Å². The number of imidazole rings is 1. The van der Waals surface area contributed by atoms with Gasteiger partial charge >= 0.3 is 0 Å². The zero-order valence-corrected chi connectivity index (χ0v) is 14.6. The zero-order valence-electron chi connectivity index (χ0n) is 14.6. The largest absolute Gasteiger partial charge is 0.545 e. The highest BCUT2D eigenvalue weighted by molar-refractivity contribution is 5.86. The van der Waals surface area contributed by atoms with E-state index in [4.69, 9.17) is 4.98 Å². The third kappa shape index (κ3) is 3.67. The van der Waals surface area contributed by atoms with Gasteiger partial charge in [-0.1, -0.05) is 54.6 Å². The molecule has 0 amide bonds. The predicted octanol–water partition coefficient (Wildman–Crippen LogP) is 3.06. The topological polar surface area (TPSA) is 70.0 Å². The number of carbonyl (C=O) groups excluding carboxylic acids is 1. The number of nitrogens with one attached hydrogen (secondary N) is 1. The highest BCUT2D eigenvalue weighted by Crippen LogP contribution is 2.19. The van der Waals surface area contributed by atoms with Crippen molar-refractivity contribution >= 4 is 22.7 Å². The summed E-state index contributed by atoms with van der Waals surface area (Å²) in [6, 6.07) is 24.9. The van der Waals surface area contributed by atoms with E-state index in [-0.39, 0.29) is 5.56 Å². The van der Waals surface area contributed by atoms with Crippen molar-refractivity contribution in [2.75, 3.05) is 5.32 Å². The Morgan fingerprint density at radius 2 is 1.63 bits per heavy atom. The van der Waals surface area contributed by atoms with Crippen LogP contribution >= 0.6 is 0 Å². The molecule has 5 heteroatoms. The van der Waals surface area contributed by atoms with Crippen LogP contribution in [0.25, 0.3) is 11.0 Å². The molecule has 0 spiro atoms. The number of para-hydroxylation sites is 2. The molecule has 0 saturated heterocycles. The van der Waals surface area contributed by atoms with Crippen LogP contribution in [-0.2, 0) is 13.1 Å². The van der Waals surface area contributed by atoms with Crippen LogP contribution in [0.15, 0.2) is 78.9 Å². The van der Waals surface area contributed by atoms with Crippen LogP contribution in [0.4, 0.5) is 5.69 Å². The summed E-state index contributed by atoms with van der Waals surface area (Å²) < 4.78 is 2.20. The van der Waals surface area contributed by atoms with Gasteiger partial charge in [0.1, 0.15) is 5.82 Å². The fraction of sp³-hybridized carbons (Fsp3) is 0.0909. The smallest absolute Gasteiger partial charge is 0.129 e. The van der Waals surface area contributed by atoms with Crippen LogP contribution in [0.5, 0.6) is 0 Å². The Balaban J connectivity index is 1.60. The molecular weight excluding hydrogens is 338 g/mol. The first kappa shape index (κ1) is 16.8. The minimum Gasteiger partial charge on any atom is -0.545 e. The van der Waals surface area contributed by atoms with E-state index in [1.807, 2.05) is 36.4 Å². The van der Waals surface area contributed by atoms with E-state index in [2.05, 4.69) is 28.1 Å². The second kappa shape index (κ2) is 7.33. The summed E-state index contributed by atoms with van der Waals surface area (Å²) in [7, 11) is 0. The number of benzene rings is 3. The molecule has 0 aliphatic heterocycles. The maximum Gasteiger partial charge on any atom is 0.129 e. The lowest BCUT2D eigenvalue weighted by Gasteiger charge is -2.11. The standard InChI is InChI=1S/C22H19N3O2/c26-22(27)17-10-12-18(13-11-17)23-14-21-24-19-8-4-5-9-20(19)25(21)15-16-6-2-1-3-7-16/h1-13,23H,14-15H2,(H,26,27)/p-1. The van der Waals surface area contributed by atoms with Gasteiger partial charge in [-0.2, -0.15) is 0 Å². The van der Waals surface area contributed by atoms with E-state index >= 15 is 0 Å². The van der Waals surface area contributed by atoms with Crippen molar-refractivity contribution in [2.24, 2.45) is 0 Å². The molecule has 0 bridgehead atoms. The molecular formula is C22H18N3O2-. The highest BCUT2D eigenvalue weighted by atomic mass is 16.4. The SMILES string of the molecule is O=C([O-])c1ccc(NCc2nc3ccccc3n2Cc2ccccc2)cc1. The average Bonchev–Trinajstić information content (AvgIpc) is 3.05. The first-order chi connectivity index (χ1) is 13.2. The van der Waals surface area contributed by atoms with Gasteiger partial charge in [0.25, 0.3) is 0 Å². The first-order valence-corrected chi connectivity index (χ1v) is 8.74. The molecule has 27 heavy (non-hydrogen) atoms. The Bertz CT molecular complexity index is 1070. The number of rotatable bonds is 6. The Kier molecular flexibility index (Phi) is 4.58. The number of anilines is 1. The van der Waals surface area contributed by atoms with E-state index in [0.29, 0.717) is 6.54 Å². The van der Waals surface area contributed by atoms with Gasteiger partial charge in [0, 0.05) is 12.2 Å². The van der Waals surface area contributed by atoms with Crippen LogP contribution in [0.1, 0.15) is 21.7 Å². The van der Waals surface area contributed by atoms with Gasteiger partial charge in [-0.25, -0.2) is 4.98 Å². The number of carboxylic acids is 1. The van der Waals surface area contributed by atoms with E-state index in [1.54, 1.807) is 12.1 Å². The van der Waals surface area contributed by atoms with Crippen LogP contribution in [0, 0.1) is 0 Å². The minimum absolute atomic E-state index is 0.164. The fourth-order valence-corrected chi connectivity index (χ4v) is 3.11.